The van der Waals surface area contributed by atoms with Crippen LogP contribution in [0, 0.1) is 26.7 Å². The van der Waals surface area contributed by atoms with E-state index in [4.69, 9.17) is 5.73 Å². The van der Waals surface area contributed by atoms with Crippen LogP contribution in [0.2, 0.25) is 0 Å². The molecule has 0 spiro atoms. The summed E-state index contributed by atoms with van der Waals surface area (Å²) in [6.45, 7) is 6.25. The Morgan fingerprint density at radius 3 is 2.06 bits per heavy atom. The van der Waals surface area contributed by atoms with Crippen LogP contribution in [0.5, 0.6) is 0 Å². The van der Waals surface area contributed by atoms with E-state index in [1.54, 1.807) is 0 Å². The third-order valence-electron chi connectivity index (χ3n) is 3.54. The number of aliphatic hydroxyl groups excluding tert-OH is 1. The highest BCUT2D eigenvalue weighted by molar-refractivity contribution is 5.85. The van der Waals surface area contributed by atoms with Gasteiger partial charge in [-0.3, -0.25) is 0 Å². The number of nitrogens with two attached hydrogens (primary N) is 1. The van der Waals surface area contributed by atoms with Crippen LogP contribution in [0.25, 0.3) is 0 Å². The van der Waals surface area contributed by atoms with Crippen molar-refractivity contribution in [1.29, 1.82) is 0 Å². The maximum Gasteiger partial charge on any atom is 0.0761 e. The first-order chi connectivity index (χ1) is 7.50. The Kier molecular flexibility index (Phi) is 4.59. The zero-order valence-corrected chi connectivity index (χ0v) is 11.6. The first-order valence-corrected chi connectivity index (χ1v) is 6.02. The van der Waals surface area contributed by atoms with Gasteiger partial charge in [-0.25, -0.2) is 0 Å². The van der Waals surface area contributed by atoms with E-state index >= 15 is 0 Å². The fourth-order valence-corrected chi connectivity index (χ4v) is 2.62. The average Bonchev–Trinajstić information content (AvgIpc) is 2.97. The second-order valence-electron chi connectivity index (χ2n) is 5.17. The van der Waals surface area contributed by atoms with Crippen LogP contribution in [-0.4, -0.2) is 11.2 Å². The molecule has 2 atom stereocenters. The Balaban J connectivity index is 0.00000144. The molecule has 0 bridgehead atoms. The lowest BCUT2D eigenvalue weighted by atomic mass is 9.90. The Bertz CT molecular complexity index is 378. The zero-order chi connectivity index (χ0) is 11.9. The number of halogens is 1. The van der Waals surface area contributed by atoms with E-state index in [2.05, 4.69) is 32.9 Å². The number of rotatable bonds is 3. The van der Waals surface area contributed by atoms with Crippen LogP contribution < -0.4 is 5.73 Å². The van der Waals surface area contributed by atoms with Crippen LogP contribution in [0.3, 0.4) is 0 Å². The number of benzene rings is 1. The van der Waals surface area contributed by atoms with Crippen molar-refractivity contribution in [3.05, 3.63) is 34.4 Å². The van der Waals surface area contributed by atoms with Crippen molar-refractivity contribution in [3.63, 3.8) is 0 Å². The highest BCUT2D eigenvalue weighted by Crippen LogP contribution is 2.38. The number of hydrogen-bond acceptors (Lipinski definition) is 2. The van der Waals surface area contributed by atoms with E-state index in [9.17, 15) is 5.11 Å². The molecular weight excluding hydrogens is 234 g/mol. The number of aryl methyl sites for hydroxylation is 3. The maximum absolute atomic E-state index is 10.1. The molecule has 0 unspecified atom stereocenters. The lowest BCUT2D eigenvalue weighted by Crippen LogP contribution is -2.29. The van der Waals surface area contributed by atoms with E-state index in [1.807, 2.05) is 0 Å². The third-order valence-corrected chi connectivity index (χ3v) is 3.54. The largest absolute Gasteiger partial charge is 0.391 e. The summed E-state index contributed by atoms with van der Waals surface area (Å²) in [6.07, 6.45) is 1.87. The summed E-state index contributed by atoms with van der Waals surface area (Å²) >= 11 is 0. The fourth-order valence-electron chi connectivity index (χ4n) is 2.62. The summed E-state index contributed by atoms with van der Waals surface area (Å²) in [5.41, 5.74) is 11.0. The third kappa shape index (κ3) is 3.01. The molecule has 3 N–H and O–H groups in total. The molecule has 0 aromatic heterocycles. The quantitative estimate of drug-likeness (QED) is 0.873. The molecule has 0 heterocycles. The molecule has 96 valence electrons. The van der Waals surface area contributed by atoms with Crippen molar-refractivity contribution < 1.29 is 5.11 Å². The van der Waals surface area contributed by atoms with Gasteiger partial charge in [-0.2, -0.15) is 0 Å². The molecule has 1 saturated carbocycles. The van der Waals surface area contributed by atoms with Crippen molar-refractivity contribution in [2.24, 2.45) is 11.7 Å². The van der Waals surface area contributed by atoms with Crippen molar-refractivity contribution in [3.8, 4) is 0 Å². The zero-order valence-electron chi connectivity index (χ0n) is 10.7. The van der Waals surface area contributed by atoms with Crippen LogP contribution in [0.15, 0.2) is 12.1 Å². The Labute approximate surface area is 110 Å². The van der Waals surface area contributed by atoms with E-state index in [-0.39, 0.29) is 24.6 Å². The summed E-state index contributed by atoms with van der Waals surface area (Å²) in [7, 11) is 0. The maximum atomic E-state index is 10.1. The Morgan fingerprint density at radius 1 is 1.18 bits per heavy atom. The van der Waals surface area contributed by atoms with Gasteiger partial charge in [0, 0.05) is 0 Å². The first-order valence-electron chi connectivity index (χ1n) is 6.02. The Hall–Kier alpha value is -0.570. The van der Waals surface area contributed by atoms with Crippen LogP contribution >= 0.6 is 12.4 Å². The van der Waals surface area contributed by atoms with E-state index < -0.39 is 0 Å². The molecule has 1 fully saturated rings. The van der Waals surface area contributed by atoms with Crippen LogP contribution in [0.1, 0.15) is 41.1 Å². The molecule has 0 saturated heterocycles. The van der Waals surface area contributed by atoms with E-state index in [0.29, 0.717) is 5.92 Å². The lowest BCUT2D eigenvalue weighted by Gasteiger charge is -2.23. The topological polar surface area (TPSA) is 46.2 Å². The smallest absolute Gasteiger partial charge is 0.0761 e. The normalized spacial score (nSPS) is 18.4. The minimum absolute atomic E-state index is 0. The van der Waals surface area contributed by atoms with Crippen molar-refractivity contribution in [2.75, 3.05) is 0 Å². The van der Waals surface area contributed by atoms with Crippen molar-refractivity contribution >= 4 is 12.4 Å². The van der Waals surface area contributed by atoms with Gasteiger partial charge in [0.25, 0.3) is 0 Å². The van der Waals surface area contributed by atoms with Gasteiger partial charge in [0.05, 0.1) is 12.1 Å². The van der Waals surface area contributed by atoms with E-state index in [0.717, 1.165) is 18.4 Å². The summed E-state index contributed by atoms with van der Waals surface area (Å²) in [4.78, 5) is 0. The molecule has 1 aliphatic carbocycles. The van der Waals surface area contributed by atoms with Gasteiger partial charge in [0.15, 0.2) is 0 Å². The minimum atomic E-state index is -0.375. The summed E-state index contributed by atoms with van der Waals surface area (Å²) in [6, 6.07) is 4.05. The second kappa shape index (κ2) is 5.38. The summed E-state index contributed by atoms with van der Waals surface area (Å²) in [5.74, 6) is 0.426. The van der Waals surface area contributed by atoms with E-state index in [1.165, 1.54) is 16.7 Å². The minimum Gasteiger partial charge on any atom is -0.391 e. The number of aliphatic hydroxyl groups is 1. The molecule has 0 radical (unpaired) electrons. The van der Waals surface area contributed by atoms with Gasteiger partial charge in [-0.05, 0) is 56.2 Å². The molecule has 1 aromatic rings. The molecule has 17 heavy (non-hydrogen) atoms. The lowest BCUT2D eigenvalue weighted by molar-refractivity contribution is 0.122. The fraction of sp³-hybridized carbons (Fsp3) is 0.571. The molecule has 0 aliphatic heterocycles. The predicted molar refractivity (Wildman–Crippen MR) is 73.6 cm³/mol. The standard InChI is InChI=1S/C14H21NO.ClH/c1-8-6-9(2)12(10(3)7-8)13(15)14(16)11-4-5-11;/h6-7,11,13-14,16H,4-5,15H2,1-3H3;1H/t13-,14+;/m1./s1. The molecular formula is C14H22ClNO. The van der Waals surface area contributed by atoms with Crippen LogP contribution in [-0.2, 0) is 0 Å². The van der Waals surface area contributed by atoms with Gasteiger partial charge in [-0.1, -0.05) is 17.7 Å². The highest BCUT2D eigenvalue weighted by Gasteiger charge is 2.35. The first kappa shape index (κ1) is 14.5. The van der Waals surface area contributed by atoms with Gasteiger partial charge < -0.3 is 10.8 Å². The molecule has 1 aromatic carbocycles. The molecule has 2 nitrogen and oxygen atoms in total. The van der Waals surface area contributed by atoms with Crippen molar-refractivity contribution in [2.45, 2.75) is 45.8 Å². The average molecular weight is 256 g/mol. The predicted octanol–water partition coefficient (Wildman–Crippen LogP) is 2.80. The highest BCUT2D eigenvalue weighted by atomic mass is 35.5. The van der Waals surface area contributed by atoms with Gasteiger partial charge in [0.1, 0.15) is 0 Å². The molecule has 2 rings (SSSR count). The Morgan fingerprint density at radius 2 is 1.65 bits per heavy atom. The van der Waals surface area contributed by atoms with Gasteiger partial charge in [-0.15, -0.1) is 12.4 Å². The monoisotopic (exact) mass is 255 g/mol. The van der Waals surface area contributed by atoms with Crippen molar-refractivity contribution in [1.82, 2.24) is 0 Å². The summed E-state index contributed by atoms with van der Waals surface area (Å²) < 4.78 is 0. The molecule has 0 amide bonds. The van der Waals surface area contributed by atoms with Crippen LogP contribution in [0.4, 0.5) is 0 Å². The summed E-state index contributed by atoms with van der Waals surface area (Å²) in [5, 5.41) is 10.1. The second-order valence-corrected chi connectivity index (χ2v) is 5.17. The number of hydrogen-bond donors (Lipinski definition) is 2. The molecule has 3 heteroatoms. The van der Waals surface area contributed by atoms with Gasteiger partial charge >= 0.3 is 0 Å². The SMILES string of the molecule is Cc1cc(C)c([C@@H](N)[C@@H](O)C2CC2)c(C)c1.Cl. The molecule has 1 aliphatic rings. The van der Waals surface area contributed by atoms with Gasteiger partial charge in [0.2, 0.25) is 0 Å².